The van der Waals surface area contributed by atoms with E-state index in [0.717, 1.165) is 12.8 Å². The number of hydrogen-bond acceptors (Lipinski definition) is 3. The molecule has 0 aromatic carbocycles. The van der Waals surface area contributed by atoms with Gasteiger partial charge in [-0.15, -0.1) is 0 Å². The van der Waals surface area contributed by atoms with E-state index in [1.165, 1.54) is 6.92 Å². The van der Waals surface area contributed by atoms with Crippen LogP contribution >= 0.6 is 0 Å². The molecule has 0 aliphatic rings. The second-order valence-electron chi connectivity index (χ2n) is 4.65. The number of aliphatic carboxylic acids is 1. The minimum absolute atomic E-state index is 0.0928. The molecule has 0 fully saturated rings. The van der Waals surface area contributed by atoms with Crippen molar-refractivity contribution in [2.45, 2.75) is 70.5 Å². The summed E-state index contributed by atoms with van der Waals surface area (Å²) < 4.78 is 0. The third-order valence-electron chi connectivity index (χ3n) is 3.15. The first-order valence-corrected chi connectivity index (χ1v) is 6.00. The highest BCUT2D eigenvalue weighted by molar-refractivity contribution is 5.78. The molecule has 0 rings (SSSR count). The lowest BCUT2D eigenvalue weighted by molar-refractivity contribution is -0.193. The van der Waals surface area contributed by atoms with E-state index in [-0.39, 0.29) is 6.42 Å². The van der Waals surface area contributed by atoms with Gasteiger partial charge in [0, 0.05) is 0 Å². The normalized spacial score (nSPS) is 18.8. The van der Waals surface area contributed by atoms with Crippen LogP contribution in [0.25, 0.3) is 0 Å². The van der Waals surface area contributed by atoms with Crippen molar-refractivity contribution in [2.24, 2.45) is 0 Å². The number of rotatable bonds is 8. The zero-order chi connectivity index (χ0) is 12.8. The van der Waals surface area contributed by atoms with Gasteiger partial charge in [-0.05, 0) is 19.8 Å². The summed E-state index contributed by atoms with van der Waals surface area (Å²) in [5.74, 6) is -1.33. The maximum atomic E-state index is 11.1. The van der Waals surface area contributed by atoms with Crippen LogP contribution in [0.5, 0.6) is 0 Å². The molecule has 0 saturated heterocycles. The van der Waals surface area contributed by atoms with E-state index in [0.29, 0.717) is 19.3 Å². The fourth-order valence-corrected chi connectivity index (χ4v) is 1.77. The minimum atomic E-state index is -2.03. The zero-order valence-electron chi connectivity index (χ0n) is 10.5. The molecule has 4 nitrogen and oxygen atoms in total. The molecule has 3 N–H and O–H groups in total. The molecule has 16 heavy (non-hydrogen) atoms. The Bertz CT molecular complexity index is 225. The Morgan fingerprint density at radius 1 is 1.06 bits per heavy atom. The van der Waals surface area contributed by atoms with Gasteiger partial charge in [-0.2, -0.15) is 0 Å². The summed E-state index contributed by atoms with van der Waals surface area (Å²) in [6, 6.07) is 0. The van der Waals surface area contributed by atoms with E-state index in [1.807, 2.05) is 13.8 Å². The van der Waals surface area contributed by atoms with Gasteiger partial charge in [-0.3, -0.25) is 0 Å². The molecule has 0 aromatic heterocycles. The monoisotopic (exact) mass is 232 g/mol. The van der Waals surface area contributed by atoms with E-state index < -0.39 is 17.2 Å². The Balaban J connectivity index is 4.79. The Morgan fingerprint density at radius 3 is 1.88 bits per heavy atom. The van der Waals surface area contributed by atoms with Crippen molar-refractivity contribution in [3.05, 3.63) is 0 Å². The molecule has 2 atom stereocenters. The third kappa shape index (κ3) is 3.46. The lowest BCUT2D eigenvalue weighted by atomic mass is 9.77. The fourth-order valence-electron chi connectivity index (χ4n) is 1.77. The summed E-state index contributed by atoms with van der Waals surface area (Å²) in [6.07, 6.45) is 3.34. The van der Waals surface area contributed by atoms with Gasteiger partial charge in [0.05, 0.1) is 0 Å². The molecule has 0 aromatic rings. The van der Waals surface area contributed by atoms with Crippen LogP contribution in [0.15, 0.2) is 0 Å². The zero-order valence-corrected chi connectivity index (χ0v) is 10.5. The second kappa shape index (κ2) is 6.21. The largest absolute Gasteiger partial charge is 0.479 e. The van der Waals surface area contributed by atoms with Gasteiger partial charge in [0.15, 0.2) is 5.60 Å². The van der Waals surface area contributed by atoms with Crippen molar-refractivity contribution < 1.29 is 20.1 Å². The van der Waals surface area contributed by atoms with Crippen LogP contribution in [0.2, 0.25) is 0 Å². The van der Waals surface area contributed by atoms with Crippen molar-refractivity contribution in [2.75, 3.05) is 0 Å². The van der Waals surface area contributed by atoms with Crippen molar-refractivity contribution >= 4 is 5.97 Å². The lowest BCUT2D eigenvalue weighted by Crippen LogP contribution is -2.57. The molecule has 0 saturated carbocycles. The molecule has 0 radical (unpaired) electrons. The molecule has 2 unspecified atom stereocenters. The van der Waals surface area contributed by atoms with Gasteiger partial charge in [-0.1, -0.05) is 39.5 Å². The molecule has 0 amide bonds. The maximum absolute atomic E-state index is 11.1. The van der Waals surface area contributed by atoms with Crippen molar-refractivity contribution in [1.82, 2.24) is 0 Å². The van der Waals surface area contributed by atoms with E-state index in [4.69, 9.17) is 5.11 Å². The highest BCUT2D eigenvalue weighted by Crippen LogP contribution is 2.32. The first-order chi connectivity index (χ1) is 7.31. The van der Waals surface area contributed by atoms with Crippen LogP contribution in [-0.4, -0.2) is 32.5 Å². The van der Waals surface area contributed by atoms with Crippen LogP contribution in [0.1, 0.15) is 59.3 Å². The lowest BCUT2D eigenvalue weighted by Gasteiger charge is -2.38. The second-order valence-corrected chi connectivity index (χ2v) is 4.65. The van der Waals surface area contributed by atoms with E-state index in [2.05, 4.69) is 0 Å². The molecule has 0 heterocycles. The Morgan fingerprint density at radius 2 is 1.50 bits per heavy atom. The first kappa shape index (κ1) is 15.4. The van der Waals surface area contributed by atoms with E-state index >= 15 is 0 Å². The van der Waals surface area contributed by atoms with Gasteiger partial charge < -0.3 is 15.3 Å². The van der Waals surface area contributed by atoms with Crippen LogP contribution in [0.4, 0.5) is 0 Å². The van der Waals surface area contributed by atoms with Gasteiger partial charge in [0.1, 0.15) is 5.60 Å². The summed E-state index contributed by atoms with van der Waals surface area (Å²) in [4.78, 5) is 11.1. The topological polar surface area (TPSA) is 77.8 Å². The molecule has 0 bridgehead atoms. The van der Waals surface area contributed by atoms with E-state index in [1.54, 1.807) is 0 Å². The first-order valence-electron chi connectivity index (χ1n) is 6.00. The minimum Gasteiger partial charge on any atom is -0.479 e. The molecule has 0 aliphatic carbocycles. The van der Waals surface area contributed by atoms with Gasteiger partial charge in [-0.25, -0.2) is 4.79 Å². The van der Waals surface area contributed by atoms with Crippen LogP contribution in [-0.2, 0) is 4.79 Å². The Labute approximate surface area is 97.3 Å². The smallest absolute Gasteiger partial charge is 0.338 e. The number of carboxylic acids is 1. The Kier molecular flexibility index (Phi) is 5.97. The molecule has 0 spiro atoms. The molecule has 96 valence electrons. The number of hydrogen-bond donors (Lipinski definition) is 3. The van der Waals surface area contributed by atoms with Crippen molar-refractivity contribution in [1.29, 1.82) is 0 Å². The molecule has 4 heteroatoms. The van der Waals surface area contributed by atoms with Gasteiger partial charge in [0.25, 0.3) is 0 Å². The fraction of sp³-hybridized carbons (Fsp3) is 0.917. The van der Waals surface area contributed by atoms with Crippen LogP contribution < -0.4 is 0 Å². The number of carbonyl (C=O) groups is 1. The molecular formula is C12H24O4. The average Bonchev–Trinajstić information content (AvgIpc) is 2.22. The number of aliphatic hydroxyl groups is 2. The standard InChI is InChI=1S/C12H24O4/c1-4-6-8-11(3,15)12(16,10(13)14)9-7-5-2/h15-16H,4-9H2,1-3H3,(H,13,14). The molecular weight excluding hydrogens is 208 g/mol. The Hall–Kier alpha value is -0.610. The van der Waals surface area contributed by atoms with Crippen LogP contribution in [0.3, 0.4) is 0 Å². The highest BCUT2D eigenvalue weighted by Gasteiger charge is 2.50. The number of unbranched alkanes of at least 4 members (excludes halogenated alkanes) is 2. The average molecular weight is 232 g/mol. The van der Waals surface area contributed by atoms with Gasteiger partial charge in [0.2, 0.25) is 0 Å². The summed E-state index contributed by atoms with van der Waals surface area (Å²) in [5.41, 5.74) is -3.60. The summed E-state index contributed by atoms with van der Waals surface area (Å²) in [5, 5.41) is 29.3. The summed E-state index contributed by atoms with van der Waals surface area (Å²) in [7, 11) is 0. The predicted molar refractivity (Wildman–Crippen MR) is 62.3 cm³/mol. The molecule has 0 aliphatic heterocycles. The van der Waals surface area contributed by atoms with Crippen molar-refractivity contribution in [3.8, 4) is 0 Å². The summed E-state index contributed by atoms with van der Waals surface area (Å²) >= 11 is 0. The quantitative estimate of drug-likeness (QED) is 0.597. The van der Waals surface area contributed by atoms with Gasteiger partial charge >= 0.3 is 5.97 Å². The highest BCUT2D eigenvalue weighted by atomic mass is 16.4. The maximum Gasteiger partial charge on any atom is 0.338 e. The number of carboxylic acid groups (broad SMARTS) is 1. The van der Waals surface area contributed by atoms with Crippen LogP contribution in [0, 0.1) is 0 Å². The summed E-state index contributed by atoms with van der Waals surface area (Å²) in [6.45, 7) is 5.29. The predicted octanol–water partition coefficient (Wildman–Crippen LogP) is 1.93. The van der Waals surface area contributed by atoms with E-state index in [9.17, 15) is 15.0 Å². The SMILES string of the molecule is CCCCC(C)(O)C(O)(CCCC)C(=O)O. The third-order valence-corrected chi connectivity index (χ3v) is 3.15. The van der Waals surface area contributed by atoms with Crippen molar-refractivity contribution in [3.63, 3.8) is 0 Å².